The third-order valence-corrected chi connectivity index (χ3v) is 9.85. The first-order valence-electron chi connectivity index (χ1n) is 18.2. The van der Waals surface area contributed by atoms with E-state index in [9.17, 15) is 5.26 Å². The minimum Gasteiger partial charge on any atom is -0.487 e. The molecule has 3 N–H and O–H groups in total. The second-order valence-electron chi connectivity index (χ2n) is 13.5. The van der Waals surface area contributed by atoms with Gasteiger partial charge in [0, 0.05) is 56.2 Å². The number of anilines is 2. The van der Waals surface area contributed by atoms with E-state index in [0.717, 1.165) is 62.1 Å². The summed E-state index contributed by atoms with van der Waals surface area (Å²) in [6.07, 6.45) is 15.6. The van der Waals surface area contributed by atoms with Gasteiger partial charge in [0.15, 0.2) is 0 Å². The lowest BCUT2D eigenvalue weighted by atomic mass is 9.86. The predicted molar refractivity (Wildman–Crippen MR) is 196 cm³/mol. The Labute approximate surface area is 300 Å². The molecule has 2 unspecified atom stereocenters. The molecule has 3 aromatic rings. The summed E-state index contributed by atoms with van der Waals surface area (Å²) in [5, 5.41) is 17.9. The molecule has 272 valence electrons. The van der Waals surface area contributed by atoms with Crippen LogP contribution in [0.1, 0.15) is 70.4 Å². The van der Waals surface area contributed by atoms with Gasteiger partial charge in [-0.3, -0.25) is 14.6 Å². The first-order chi connectivity index (χ1) is 25.0. The minimum atomic E-state index is -0.282. The molecule has 1 aliphatic carbocycles. The Bertz CT molecular complexity index is 1640. The molecule has 51 heavy (non-hydrogen) atoms. The van der Waals surface area contributed by atoms with Gasteiger partial charge in [-0.1, -0.05) is 6.07 Å². The lowest BCUT2D eigenvalue weighted by Crippen LogP contribution is -2.50. The molecular weight excluding hydrogens is 648 g/mol. The van der Waals surface area contributed by atoms with Crippen LogP contribution in [0.5, 0.6) is 11.6 Å². The first-order valence-corrected chi connectivity index (χ1v) is 18.2. The maximum Gasteiger partial charge on any atom is 0.256 e. The number of nitriles is 1. The summed E-state index contributed by atoms with van der Waals surface area (Å²) in [5.74, 6) is 2.10. The minimum absolute atomic E-state index is 0.282. The highest BCUT2D eigenvalue weighted by Gasteiger charge is 2.37. The quantitative estimate of drug-likeness (QED) is 0.115. The number of piperidine rings is 1. The first kappa shape index (κ1) is 36.2. The highest BCUT2D eigenvalue weighted by atomic mass is 16.5. The Morgan fingerprint density at radius 1 is 1.08 bits per heavy atom. The average molecular weight is 699 g/mol. The second-order valence-corrected chi connectivity index (χ2v) is 13.5. The lowest BCUT2D eigenvalue weighted by Gasteiger charge is -2.43. The van der Waals surface area contributed by atoms with Crippen molar-refractivity contribution in [1.82, 2.24) is 24.6 Å². The fourth-order valence-corrected chi connectivity index (χ4v) is 7.24. The van der Waals surface area contributed by atoms with Gasteiger partial charge in [-0.15, -0.1) is 5.10 Å². The number of nitrogens with two attached hydrogens (primary N) is 1. The molecule has 4 aliphatic rings. The summed E-state index contributed by atoms with van der Waals surface area (Å²) in [5.41, 5.74) is 8.00. The van der Waals surface area contributed by atoms with Crippen molar-refractivity contribution < 1.29 is 18.9 Å². The molecule has 0 spiro atoms. The van der Waals surface area contributed by atoms with Crippen LogP contribution in [0.15, 0.2) is 46.8 Å². The zero-order valence-corrected chi connectivity index (χ0v) is 29.7. The number of hydrogen-bond acceptors (Lipinski definition) is 11. The van der Waals surface area contributed by atoms with Crippen LogP contribution >= 0.6 is 0 Å². The molecule has 0 amide bonds. The summed E-state index contributed by atoms with van der Waals surface area (Å²) in [7, 11) is 0. The molecule has 1 aromatic carbocycles. The zero-order chi connectivity index (χ0) is 35.4. The van der Waals surface area contributed by atoms with Crippen molar-refractivity contribution in [2.75, 3.05) is 51.4 Å². The van der Waals surface area contributed by atoms with Crippen LogP contribution in [0.2, 0.25) is 0 Å². The third kappa shape index (κ3) is 9.61. The van der Waals surface area contributed by atoms with Gasteiger partial charge in [-0.05, 0) is 76.0 Å². The summed E-state index contributed by atoms with van der Waals surface area (Å²) >= 11 is 0. The largest absolute Gasteiger partial charge is 0.487 e. The molecule has 7 rings (SSSR count). The van der Waals surface area contributed by atoms with Crippen LogP contribution < -0.4 is 20.5 Å². The van der Waals surface area contributed by atoms with Crippen LogP contribution in [-0.4, -0.2) is 102 Å². The number of benzene rings is 1. The van der Waals surface area contributed by atoms with Gasteiger partial charge in [0.25, 0.3) is 5.88 Å². The molecule has 2 bridgehead atoms. The van der Waals surface area contributed by atoms with Gasteiger partial charge in [0.05, 0.1) is 50.5 Å². The van der Waals surface area contributed by atoms with Crippen LogP contribution in [0.25, 0.3) is 11.1 Å². The zero-order valence-electron chi connectivity index (χ0n) is 29.7. The van der Waals surface area contributed by atoms with E-state index in [-0.39, 0.29) is 6.10 Å². The molecule has 14 heteroatoms. The van der Waals surface area contributed by atoms with E-state index in [1.807, 2.05) is 32.2 Å². The van der Waals surface area contributed by atoms with Crippen LogP contribution in [0.3, 0.4) is 0 Å². The monoisotopic (exact) mass is 698 g/mol. The molecule has 3 aliphatic heterocycles. The number of ether oxygens (including phenoxy) is 4. The van der Waals surface area contributed by atoms with Gasteiger partial charge >= 0.3 is 0 Å². The molecule has 3 atom stereocenters. The van der Waals surface area contributed by atoms with Crippen LogP contribution in [0, 0.1) is 17.2 Å². The smallest absolute Gasteiger partial charge is 0.256 e. The van der Waals surface area contributed by atoms with Crippen molar-refractivity contribution >= 4 is 24.3 Å². The second kappa shape index (κ2) is 18.1. The van der Waals surface area contributed by atoms with Gasteiger partial charge in [0.2, 0.25) is 5.95 Å². The number of fused-ring (bicyclic) bond motifs is 4. The molecule has 4 fully saturated rings. The van der Waals surface area contributed by atoms with E-state index in [0.29, 0.717) is 73.6 Å². The van der Waals surface area contributed by atoms with E-state index in [1.165, 1.54) is 32.1 Å². The summed E-state index contributed by atoms with van der Waals surface area (Å²) in [4.78, 5) is 19.9. The fourth-order valence-electron chi connectivity index (χ4n) is 7.24. The number of hydrogen-bond donors (Lipinski definition) is 2. The molecule has 5 heterocycles. The summed E-state index contributed by atoms with van der Waals surface area (Å²) in [6, 6.07) is 9.08. The highest BCUT2D eigenvalue weighted by molar-refractivity contribution is 5.69. The Hall–Kier alpha value is -4.58. The molecule has 2 aromatic heterocycles. The Morgan fingerprint density at radius 2 is 1.88 bits per heavy atom. The SMILES string of the molecule is CCOCCCOc1nn(C2CCC(N3CC4CCC3COC4)CC2)cc1Nc1ncc(-c2ccc(C#N)c(O[C@@H](C)CN=CN=CN)c2)cn1. The van der Waals surface area contributed by atoms with E-state index >= 15 is 0 Å². The Balaban J connectivity index is 1.12. The predicted octanol–water partition coefficient (Wildman–Crippen LogP) is 5.14. The fraction of sp³-hybridized carbons (Fsp3) is 0.568. The van der Waals surface area contributed by atoms with E-state index in [1.54, 1.807) is 18.5 Å². The van der Waals surface area contributed by atoms with Crippen LogP contribution in [-0.2, 0) is 9.47 Å². The molecule has 1 saturated carbocycles. The third-order valence-electron chi connectivity index (χ3n) is 9.85. The maximum atomic E-state index is 9.66. The van der Waals surface area contributed by atoms with Crippen molar-refractivity contribution in [2.24, 2.45) is 21.6 Å². The number of nitrogens with one attached hydrogen (secondary N) is 1. The van der Waals surface area contributed by atoms with Crippen molar-refractivity contribution in [3.05, 3.63) is 42.4 Å². The van der Waals surface area contributed by atoms with E-state index in [4.69, 9.17) is 29.8 Å². The number of rotatable bonds is 16. The van der Waals surface area contributed by atoms with Gasteiger partial charge < -0.3 is 30.0 Å². The summed E-state index contributed by atoms with van der Waals surface area (Å²) < 4.78 is 25.8. The van der Waals surface area contributed by atoms with E-state index in [2.05, 4.69) is 40.9 Å². The Morgan fingerprint density at radius 3 is 2.67 bits per heavy atom. The van der Waals surface area contributed by atoms with Crippen molar-refractivity contribution in [1.29, 1.82) is 5.26 Å². The normalized spacial score (nSPS) is 22.9. The summed E-state index contributed by atoms with van der Waals surface area (Å²) in [6.45, 7) is 9.01. The number of aliphatic imine (C=N–C) groups is 2. The van der Waals surface area contributed by atoms with Crippen molar-refractivity contribution in [3.63, 3.8) is 0 Å². The highest BCUT2D eigenvalue weighted by Crippen LogP contribution is 2.38. The molecule has 14 nitrogen and oxygen atoms in total. The molecular formula is C37H50N10O4. The van der Waals surface area contributed by atoms with Gasteiger partial charge in [-0.2, -0.15) is 5.26 Å². The number of aromatic nitrogens is 4. The molecule has 0 radical (unpaired) electrons. The lowest BCUT2D eigenvalue weighted by molar-refractivity contribution is 0.0459. The van der Waals surface area contributed by atoms with Crippen molar-refractivity contribution in [3.8, 4) is 28.8 Å². The van der Waals surface area contributed by atoms with Crippen molar-refractivity contribution in [2.45, 2.75) is 83.0 Å². The Kier molecular flexibility index (Phi) is 12.8. The van der Waals surface area contributed by atoms with E-state index < -0.39 is 0 Å². The average Bonchev–Trinajstić information content (AvgIpc) is 3.28. The number of nitrogens with zero attached hydrogens (tertiary/aromatic N) is 8. The maximum absolute atomic E-state index is 9.66. The van der Waals surface area contributed by atoms with Gasteiger partial charge in [-0.25, -0.2) is 15.0 Å². The standard InChI is InChI=1S/C37H50N10O4/c1-3-48-13-4-14-50-36-34(21-47(45-36)32-11-9-31(10-12-32)46-20-27-5-8-33(46)23-49-22-27)44-37-42-18-30(19-43-37)28-6-7-29(16-38)35(15-28)51-26(2)17-40-25-41-24-39/h6-7,15,18-19,21,24-27,31-33H,3-5,8-14,17,20,22-23H2,1-2H3,(H2,39,40,41)(H,42,43,44)/t26-,27?,31?,32?,33?/m0/s1. The van der Waals surface area contributed by atoms with Crippen LogP contribution in [0.4, 0.5) is 11.6 Å². The topological polar surface area (TPSA) is 170 Å². The molecule has 3 saturated heterocycles. The van der Waals surface area contributed by atoms with Gasteiger partial charge in [0.1, 0.15) is 29.9 Å².